The predicted octanol–water partition coefficient (Wildman–Crippen LogP) is 5.97. The van der Waals surface area contributed by atoms with E-state index in [1.54, 1.807) is 48.5 Å². The molecule has 2 aliphatic rings. The van der Waals surface area contributed by atoms with E-state index < -0.39 is 0 Å². The topological polar surface area (TPSA) is 75.7 Å². The van der Waals surface area contributed by atoms with Crippen LogP contribution in [0.5, 0.6) is 11.5 Å². The van der Waals surface area contributed by atoms with E-state index in [4.69, 9.17) is 4.74 Å². The van der Waals surface area contributed by atoms with Crippen molar-refractivity contribution in [3.8, 4) is 11.5 Å². The molecule has 6 heteroatoms. The van der Waals surface area contributed by atoms with E-state index >= 15 is 0 Å². The molecule has 5 rings (SSSR count). The van der Waals surface area contributed by atoms with Crippen molar-refractivity contribution < 1.29 is 19.1 Å². The Hall–Kier alpha value is -3.93. The summed E-state index contributed by atoms with van der Waals surface area (Å²) in [5.74, 6) is 0.954. The van der Waals surface area contributed by atoms with Crippen molar-refractivity contribution in [2.45, 2.75) is 33.1 Å². The molecular weight excluding hydrogens is 440 g/mol. The fourth-order valence-corrected chi connectivity index (χ4v) is 4.96. The normalized spacial score (nSPS) is 21.5. The van der Waals surface area contributed by atoms with Crippen LogP contribution < -0.4 is 15.0 Å². The van der Waals surface area contributed by atoms with Gasteiger partial charge in [-0.15, -0.1) is 0 Å². The number of amides is 3. The maximum Gasteiger partial charge on any atom is 0.255 e. The van der Waals surface area contributed by atoms with Gasteiger partial charge in [-0.1, -0.05) is 24.6 Å². The second-order valence-electron chi connectivity index (χ2n) is 9.58. The fourth-order valence-electron chi connectivity index (χ4n) is 4.96. The Labute approximate surface area is 204 Å². The number of hydrogen-bond donors (Lipinski definition) is 1. The van der Waals surface area contributed by atoms with E-state index in [2.05, 4.69) is 12.2 Å². The Morgan fingerprint density at radius 1 is 0.829 bits per heavy atom. The van der Waals surface area contributed by atoms with Gasteiger partial charge in [-0.2, -0.15) is 0 Å². The maximum absolute atomic E-state index is 12.9. The third-order valence-corrected chi connectivity index (χ3v) is 6.94. The lowest BCUT2D eigenvalue weighted by Crippen LogP contribution is -2.30. The molecule has 35 heavy (non-hydrogen) atoms. The minimum Gasteiger partial charge on any atom is -0.457 e. The van der Waals surface area contributed by atoms with Gasteiger partial charge in [-0.05, 0) is 92.8 Å². The summed E-state index contributed by atoms with van der Waals surface area (Å²) in [6.45, 7) is 4.15. The highest BCUT2D eigenvalue weighted by atomic mass is 16.5. The molecule has 1 saturated carbocycles. The number of ether oxygens (including phenoxy) is 1. The number of anilines is 2. The monoisotopic (exact) mass is 468 g/mol. The van der Waals surface area contributed by atoms with E-state index in [9.17, 15) is 14.4 Å². The molecule has 0 spiro atoms. The summed E-state index contributed by atoms with van der Waals surface area (Å²) in [6.07, 6.45) is 2.51. The zero-order valence-electron chi connectivity index (χ0n) is 19.9. The van der Waals surface area contributed by atoms with Crippen LogP contribution in [0.15, 0.2) is 72.8 Å². The van der Waals surface area contributed by atoms with Crippen LogP contribution in [0.1, 0.15) is 42.1 Å². The summed E-state index contributed by atoms with van der Waals surface area (Å²) in [7, 11) is 0. The van der Waals surface area contributed by atoms with Crippen molar-refractivity contribution >= 4 is 29.1 Å². The lowest BCUT2D eigenvalue weighted by Gasteiger charge is -2.25. The first-order chi connectivity index (χ1) is 16.9. The second-order valence-corrected chi connectivity index (χ2v) is 9.58. The smallest absolute Gasteiger partial charge is 0.255 e. The van der Waals surface area contributed by atoms with Gasteiger partial charge in [0.05, 0.1) is 17.5 Å². The van der Waals surface area contributed by atoms with Gasteiger partial charge in [0.2, 0.25) is 11.8 Å². The molecule has 3 atom stereocenters. The molecule has 1 aliphatic carbocycles. The van der Waals surface area contributed by atoms with Gasteiger partial charge in [0, 0.05) is 11.3 Å². The van der Waals surface area contributed by atoms with Gasteiger partial charge in [0.1, 0.15) is 11.5 Å². The Bertz CT molecular complexity index is 1250. The quantitative estimate of drug-likeness (QED) is 0.469. The number of imide groups is 1. The molecule has 2 fully saturated rings. The first-order valence-electron chi connectivity index (χ1n) is 12.0. The van der Waals surface area contributed by atoms with Gasteiger partial charge >= 0.3 is 0 Å². The standard InChI is InChI=1S/C29H28N2O4/c1-18-3-12-23(13-4-18)35-24-14-8-21(9-15-24)30-27(32)20-6-10-22(11-7-20)31-28(33)25-16-5-19(2)17-26(25)29(31)34/h3-4,6-15,19,25-26H,5,16-17H2,1-2H3,(H,30,32)/t19-,25+,26+/m0/s1. The molecule has 3 aromatic carbocycles. The lowest BCUT2D eigenvalue weighted by molar-refractivity contribution is -0.122. The van der Waals surface area contributed by atoms with Crippen LogP contribution in [0, 0.1) is 24.7 Å². The molecule has 178 valence electrons. The number of nitrogens with zero attached hydrogens (tertiary/aromatic N) is 1. The molecule has 1 heterocycles. The van der Waals surface area contributed by atoms with Crippen molar-refractivity contribution in [3.05, 3.63) is 83.9 Å². The maximum atomic E-state index is 12.9. The van der Waals surface area contributed by atoms with Crippen LogP contribution in [0.3, 0.4) is 0 Å². The minimum atomic E-state index is -0.273. The molecule has 1 N–H and O–H groups in total. The Kier molecular flexibility index (Phi) is 6.12. The second kappa shape index (κ2) is 9.37. The molecule has 3 aromatic rings. The van der Waals surface area contributed by atoms with Crippen LogP contribution in [-0.4, -0.2) is 17.7 Å². The van der Waals surface area contributed by atoms with E-state index in [0.717, 1.165) is 30.6 Å². The first kappa shape index (κ1) is 22.8. The summed E-state index contributed by atoms with van der Waals surface area (Å²) in [4.78, 5) is 39.9. The van der Waals surface area contributed by atoms with Crippen molar-refractivity contribution in [1.29, 1.82) is 0 Å². The number of carbonyl (C=O) groups excluding carboxylic acids is 3. The zero-order chi connectivity index (χ0) is 24.5. The average molecular weight is 469 g/mol. The summed E-state index contributed by atoms with van der Waals surface area (Å²) >= 11 is 0. The van der Waals surface area contributed by atoms with Crippen molar-refractivity contribution in [2.24, 2.45) is 17.8 Å². The summed E-state index contributed by atoms with van der Waals surface area (Å²) in [5, 5.41) is 2.87. The molecule has 0 unspecified atom stereocenters. The molecule has 0 radical (unpaired) electrons. The highest BCUT2D eigenvalue weighted by Crippen LogP contribution is 2.42. The Morgan fingerprint density at radius 3 is 2.09 bits per heavy atom. The van der Waals surface area contributed by atoms with Crippen molar-refractivity contribution in [2.75, 3.05) is 10.2 Å². The Morgan fingerprint density at radius 2 is 1.43 bits per heavy atom. The summed E-state index contributed by atoms with van der Waals surface area (Å²) in [6, 6.07) is 21.6. The molecule has 1 aliphatic heterocycles. The third kappa shape index (κ3) is 4.69. The van der Waals surface area contributed by atoms with Gasteiger partial charge < -0.3 is 10.1 Å². The molecular formula is C29H28N2O4. The van der Waals surface area contributed by atoms with Crippen molar-refractivity contribution in [1.82, 2.24) is 0 Å². The number of rotatable bonds is 5. The van der Waals surface area contributed by atoms with E-state index in [1.807, 2.05) is 31.2 Å². The lowest BCUT2D eigenvalue weighted by atomic mass is 9.76. The van der Waals surface area contributed by atoms with E-state index in [0.29, 0.717) is 28.6 Å². The average Bonchev–Trinajstić information content (AvgIpc) is 3.11. The number of aryl methyl sites for hydroxylation is 1. The molecule has 1 saturated heterocycles. The molecule has 6 nitrogen and oxygen atoms in total. The zero-order valence-corrected chi connectivity index (χ0v) is 19.9. The van der Waals surface area contributed by atoms with E-state index in [-0.39, 0.29) is 29.6 Å². The predicted molar refractivity (Wildman–Crippen MR) is 135 cm³/mol. The van der Waals surface area contributed by atoms with Gasteiger partial charge in [0.15, 0.2) is 0 Å². The summed E-state index contributed by atoms with van der Waals surface area (Å²) < 4.78 is 5.83. The number of carbonyl (C=O) groups is 3. The van der Waals surface area contributed by atoms with Gasteiger partial charge in [-0.25, -0.2) is 0 Å². The van der Waals surface area contributed by atoms with Gasteiger partial charge in [-0.3, -0.25) is 19.3 Å². The van der Waals surface area contributed by atoms with Crippen LogP contribution in [0.4, 0.5) is 11.4 Å². The molecule has 0 aromatic heterocycles. The number of benzene rings is 3. The highest BCUT2D eigenvalue weighted by molar-refractivity contribution is 6.22. The molecule has 0 bridgehead atoms. The third-order valence-electron chi connectivity index (χ3n) is 6.94. The van der Waals surface area contributed by atoms with Crippen molar-refractivity contribution in [3.63, 3.8) is 0 Å². The van der Waals surface area contributed by atoms with Crippen LogP contribution in [0.25, 0.3) is 0 Å². The van der Waals surface area contributed by atoms with Crippen LogP contribution in [-0.2, 0) is 9.59 Å². The van der Waals surface area contributed by atoms with Crippen LogP contribution in [0.2, 0.25) is 0 Å². The molecule has 3 amide bonds. The number of fused-ring (bicyclic) bond motifs is 1. The first-order valence-corrected chi connectivity index (χ1v) is 12.0. The van der Waals surface area contributed by atoms with E-state index in [1.165, 1.54) is 4.90 Å². The summed E-state index contributed by atoms with van der Waals surface area (Å²) in [5.41, 5.74) is 2.77. The van der Waals surface area contributed by atoms with Crippen LogP contribution >= 0.6 is 0 Å². The highest BCUT2D eigenvalue weighted by Gasteiger charge is 2.49. The number of nitrogens with one attached hydrogen (secondary N) is 1. The number of hydrogen-bond acceptors (Lipinski definition) is 4. The Balaban J connectivity index is 1.23. The SMILES string of the molecule is Cc1ccc(Oc2ccc(NC(=O)c3ccc(N4C(=O)[C@@H]5CC[C@H](C)C[C@H]5C4=O)cc3)cc2)cc1. The van der Waals surface area contributed by atoms with Gasteiger partial charge in [0.25, 0.3) is 5.91 Å². The fraction of sp³-hybridized carbons (Fsp3) is 0.276. The largest absolute Gasteiger partial charge is 0.457 e. The minimum absolute atomic E-state index is 0.114.